The number of hydrogen-bond acceptors (Lipinski definition) is 5. The van der Waals surface area contributed by atoms with Crippen LogP contribution in [-0.4, -0.2) is 42.3 Å². The van der Waals surface area contributed by atoms with Gasteiger partial charge in [0.05, 0.1) is 23.4 Å². The zero-order valence-electron chi connectivity index (χ0n) is 19.3. The molecule has 0 spiro atoms. The molecule has 0 fully saturated rings. The van der Waals surface area contributed by atoms with Gasteiger partial charge in [-0.1, -0.05) is 30.3 Å². The third-order valence-electron chi connectivity index (χ3n) is 6.25. The van der Waals surface area contributed by atoms with Crippen LogP contribution < -0.4 is 5.73 Å². The van der Waals surface area contributed by atoms with E-state index in [4.69, 9.17) is 11.0 Å². The van der Waals surface area contributed by atoms with Crippen LogP contribution in [0, 0.1) is 23.0 Å². The predicted octanol–water partition coefficient (Wildman–Crippen LogP) is 3.94. The van der Waals surface area contributed by atoms with Gasteiger partial charge in [0.1, 0.15) is 17.2 Å². The Balaban J connectivity index is 1.65. The van der Waals surface area contributed by atoms with Gasteiger partial charge in [-0.2, -0.15) is 5.26 Å². The first kappa shape index (κ1) is 24.2. The van der Waals surface area contributed by atoms with Crippen LogP contribution in [0.5, 0.6) is 0 Å². The lowest BCUT2D eigenvalue weighted by atomic mass is 9.84. The Bertz CT molecular complexity index is 1360. The van der Waals surface area contributed by atoms with Gasteiger partial charge in [-0.15, -0.1) is 0 Å². The second-order valence-corrected chi connectivity index (χ2v) is 8.68. The van der Waals surface area contributed by atoms with Gasteiger partial charge in [0.2, 0.25) is 0 Å². The quantitative estimate of drug-likeness (QED) is 0.585. The van der Waals surface area contributed by atoms with Crippen molar-refractivity contribution in [2.45, 2.75) is 18.1 Å². The number of benzene rings is 3. The van der Waals surface area contributed by atoms with Crippen LogP contribution in [0.15, 0.2) is 65.7 Å². The second-order valence-electron chi connectivity index (χ2n) is 8.68. The number of amides is 1. The minimum absolute atomic E-state index is 0.0318. The summed E-state index contributed by atoms with van der Waals surface area (Å²) in [4.78, 5) is 18.2. The predicted molar refractivity (Wildman–Crippen MR) is 129 cm³/mol. The number of nitriles is 1. The molecule has 0 saturated carbocycles. The molecular formula is C27H24F2N4O2. The summed E-state index contributed by atoms with van der Waals surface area (Å²) in [7, 11) is 3.24. The summed E-state index contributed by atoms with van der Waals surface area (Å²) in [5.41, 5.74) is 6.75. The Labute approximate surface area is 201 Å². The Hall–Kier alpha value is -3.93. The molecule has 2 atom stereocenters. The van der Waals surface area contributed by atoms with Crippen LogP contribution in [0.2, 0.25) is 0 Å². The molecule has 0 bridgehead atoms. The van der Waals surface area contributed by atoms with Crippen molar-refractivity contribution in [3.05, 3.63) is 94.6 Å². The van der Waals surface area contributed by atoms with Gasteiger partial charge in [0.25, 0.3) is 5.91 Å². The first-order chi connectivity index (χ1) is 16.7. The fraction of sp³-hybridized carbons (Fsp3) is 0.222. The highest BCUT2D eigenvalue weighted by atomic mass is 19.1. The third kappa shape index (κ3) is 4.44. The maximum Gasteiger partial charge on any atom is 0.253 e. The average Bonchev–Trinajstić information content (AvgIpc) is 3.21. The van der Waals surface area contributed by atoms with Crippen LogP contribution in [-0.2, 0) is 5.60 Å². The molecule has 0 aliphatic carbocycles. The average molecular weight is 475 g/mol. The molecule has 1 heterocycles. The molecule has 6 nitrogen and oxygen atoms in total. The fourth-order valence-corrected chi connectivity index (χ4v) is 4.35. The van der Waals surface area contributed by atoms with Crippen LogP contribution in [0.3, 0.4) is 0 Å². The lowest BCUT2D eigenvalue weighted by molar-refractivity contribution is 0.0827. The molecule has 178 valence electrons. The third-order valence-corrected chi connectivity index (χ3v) is 6.25. The summed E-state index contributed by atoms with van der Waals surface area (Å²) in [6, 6.07) is 16.1. The number of halogens is 2. The molecular weight excluding hydrogens is 450 g/mol. The van der Waals surface area contributed by atoms with E-state index in [2.05, 4.69) is 4.99 Å². The SMILES string of the molecule is CN(C)C(=O)c1ccc(F)c(-c2ccc(C3(O)CC(c4ccc(C#N)cc4F)N=C3CN)cc2)c1. The lowest BCUT2D eigenvalue weighted by Gasteiger charge is -2.26. The summed E-state index contributed by atoms with van der Waals surface area (Å²) < 4.78 is 29.2. The number of nitrogens with zero attached hydrogens (tertiary/aromatic N) is 3. The van der Waals surface area contributed by atoms with Crippen molar-refractivity contribution >= 4 is 11.6 Å². The minimum Gasteiger partial charge on any atom is -0.379 e. The summed E-state index contributed by atoms with van der Waals surface area (Å²) in [5, 5.41) is 20.5. The molecule has 2 unspecified atom stereocenters. The molecule has 0 radical (unpaired) electrons. The number of rotatable bonds is 5. The van der Waals surface area contributed by atoms with Gasteiger partial charge in [-0.3, -0.25) is 9.79 Å². The topological polar surface area (TPSA) is 103 Å². The van der Waals surface area contributed by atoms with Crippen molar-refractivity contribution in [2.24, 2.45) is 10.7 Å². The van der Waals surface area contributed by atoms with Crippen molar-refractivity contribution in [3.63, 3.8) is 0 Å². The maximum absolute atomic E-state index is 14.6. The summed E-state index contributed by atoms with van der Waals surface area (Å²) in [6.07, 6.45) is 0.0723. The Morgan fingerprint density at radius 2 is 1.86 bits per heavy atom. The smallest absolute Gasteiger partial charge is 0.253 e. The number of aliphatic imine (C=N–C) groups is 1. The van der Waals surface area contributed by atoms with E-state index in [0.717, 1.165) is 6.07 Å². The van der Waals surface area contributed by atoms with Crippen LogP contribution in [0.25, 0.3) is 11.1 Å². The number of carbonyl (C=O) groups is 1. The number of carbonyl (C=O) groups excluding carboxylic acids is 1. The van der Waals surface area contributed by atoms with Crippen LogP contribution in [0.4, 0.5) is 8.78 Å². The first-order valence-electron chi connectivity index (χ1n) is 11.0. The van der Waals surface area contributed by atoms with Crippen LogP contribution in [0.1, 0.15) is 39.5 Å². The maximum atomic E-state index is 14.6. The van der Waals surface area contributed by atoms with E-state index in [-0.39, 0.29) is 35.6 Å². The van der Waals surface area contributed by atoms with E-state index in [1.165, 1.54) is 35.2 Å². The Kier molecular flexibility index (Phi) is 6.48. The van der Waals surface area contributed by atoms with Gasteiger partial charge in [0, 0.05) is 43.8 Å². The van der Waals surface area contributed by atoms with E-state index in [0.29, 0.717) is 22.4 Å². The van der Waals surface area contributed by atoms with Gasteiger partial charge in [-0.25, -0.2) is 8.78 Å². The number of hydrogen-bond donors (Lipinski definition) is 2. The molecule has 35 heavy (non-hydrogen) atoms. The number of nitrogens with two attached hydrogens (primary N) is 1. The van der Waals surface area contributed by atoms with E-state index in [1.54, 1.807) is 38.4 Å². The van der Waals surface area contributed by atoms with Gasteiger partial charge in [0.15, 0.2) is 0 Å². The van der Waals surface area contributed by atoms with Crippen molar-refractivity contribution in [1.82, 2.24) is 4.90 Å². The zero-order chi connectivity index (χ0) is 25.3. The second kappa shape index (κ2) is 9.37. The molecule has 3 aromatic carbocycles. The highest BCUT2D eigenvalue weighted by Gasteiger charge is 2.43. The molecule has 1 amide bonds. The van der Waals surface area contributed by atoms with Crippen molar-refractivity contribution < 1.29 is 18.7 Å². The van der Waals surface area contributed by atoms with Crippen LogP contribution >= 0.6 is 0 Å². The molecule has 1 aliphatic heterocycles. The summed E-state index contributed by atoms with van der Waals surface area (Å²) in [5.74, 6) is -1.29. The van der Waals surface area contributed by atoms with Gasteiger partial charge >= 0.3 is 0 Å². The van der Waals surface area contributed by atoms with Crippen molar-refractivity contribution in [2.75, 3.05) is 20.6 Å². The zero-order valence-corrected chi connectivity index (χ0v) is 19.3. The van der Waals surface area contributed by atoms with E-state index in [1.807, 2.05) is 6.07 Å². The summed E-state index contributed by atoms with van der Waals surface area (Å²) in [6.45, 7) is -0.0318. The van der Waals surface area contributed by atoms with Gasteiger partial charge < -0.3 is 15.7 Å². The van der Waals surface area contributed by atoms with E-state index >= 15 is 0 Å². The molecule has 4 rings (SSSR count). The highest BCUT2D eigenvalue weighted by Crippen LogP contribution is 2.42. The van der Waals surface area contributed by atoms with E-state index < -0.39 is 23.3 Å². The summed E-state index contributed by atoms with van der Waals surface area (Å²) >= 11 is 0. The lowest BCUT2D eigenvalue weighted by Crippen LogP contribution is -2.37. The number of aliphatic hydroxyl groups is 1. The minimum atomic E-state index is -1.53. The van der Waals surface area contributed by atoms with Gasteiger partial charge in [-0.05, 0) is 41.5 Å². The largest absolute Gasteiger partial charge is 0.379 e. The Morgan fingerprint density at radius 1 is 1.14 bits per heavy atom. The normalized spacial score (nSPS) is 19.2. The van der Waals surface area contributed by atoms with Crippen molar-refractivity contribution in [3.8, 4) is 17.2 Å². The van der Waals surface area contributed by atoms with Crippen molar-refractivity contribution in [1.29, 1.82) is 5.26 Å². The molecule has 3 N–H and O–H groups in total. The molecule has 0 saturated heterocycles. The molecule has 8 heteroatoms. The first-order valence-corrected chi connectivity index (χ1v) is 11.0. The monoisotopic (exact) mass is 474 g/mol. The molecule has 0 aromatic heterocycles. The highest BCUT2D eigenvalue weighted by molar-refractivity contribution is 5.97. The molecule has 3 aromatic rings. The fourth-order valence-electron chi connectivity index (χ4n) is 4.35. The molecule has 1 aliphatic rings. The Morgan fingerprint density at radius 3 is 2.46 bits per heavy atom. The standard InChI is InChI=1S/C27H24F2N4O2/c1-33(2)26(34)18-6-10-22(28)21(12-18)17-4-7-19(8-5-17)27(35)13-24(32-25(27)15-31)20-9-3-16(14-30)11-23(20)29/h3-12,24,35H,13,15,31H2,1-2H3. The van der Waals surface area contributed by atoms with E-state index in [9.17, 15) is 18.7 Å².